The van der Waals surface area contributed by atoms with Crippen LogP contribution in [0.25, 0.3) is 0 Å². The highest BCUT2D eigenvalue weighted by atomic mass is 16.6. The topological polar surface area (TPSA) is 52.9 Å². The number of rotatable bonds is 1. The maximum Gasteiger partial charge on any atom is 0.182 e. The average molecular weight is 205 g/mol. The van der Waals surface area contributed by atoms with E-state index in [1.54, 1.807) is 0 Å². The second kappa shape index (κ2) is 6.35. The van der Waals surface area contributed by atoms with Gasteiger partial charge in [0.25, 0.3) is 0 Å². The summed E-state index contributed by atoms with van der Waals surface area (Å²) in [5.74, 6) is 0. The van der Waals surface area contributed by atoms with Gasteiger partial charge < -0.3 is 19.8 Å². The molecule has 1 aliphatic rings. The fraction of sp³-hybridized carbons (Fsp3) is 1.00. The summed E-state index contributed by atoms with van der Waals surface area (Å²) in [6, 6.07) is -0.0104. The Bertz CT molecular complexity index is 152. The summed E-state index contributed by atoms with van der Waals surface area (Å²) in [6.07, 6.45) is -1.07. The van der Waals surface area contributed by atoms with E-state index in [1.165, 1.54) is 0 Å². The molecule has 0 aromatic heterocycles. The van der Waals surface area contributed by atoms with Gasteiger partial charge in [0.2, 0.25) is 0 Å². The zero-order valence-corrected chi connectivity index (χ0v) is 9.77. The molecule has 1 rings (SSSR count). The van der Waals surface area contributed by atoms with Crippen LogP contribution in [0, 0.1) is 0 Å². The Kier molecular flexibility index (Phi) is 6.27. The van der Waals surface area contributed by atoms with E-state index in [2.05, 4.69) is 0 Å². The van der Waals surface area contributed by atoms with Gasteiger partial charge in [0.15, 0.2) is 6.29 Å². The molecule has 0 spiro atoms. The van der Waals surface area contributed by atoms with Crippen molar-refractivity contribution in [2.75, 3.05) is 14.1 Å². The van der Waals surface area contributed by atoms with Crippen molar-refractivity contribution >= 4 is 0 Å². The third-order valence-electron chi connectivity index (χ3n) is 2.29. The molecule has 4 nitrogen and oxygen atoms in total. The number of likely N-dealkylation sites (N-methyl/N-ethyl adjacent to an activating group) is 1. The molecule has 0 aliphatic carbocycles. The Morgan fingerprint density at radius 2 is 1.71 bits per heavy atom. The summed E-state index contributed by atoms with van der Waals surface area (Å²) in [5, 5.41) is 18.8. The number of aliphatic hydroxyl groups is 2. The van der Waals surface area contributed by atoms with Crippen molar-refractivity contribution in [3.05, 3.63) is 0 Å². The van der Waals surface area contributed by atoms with Crippen LogP contribution in [0.1, 0.15) is 27.2 Å². The SMILES string of the molecule is CC.C[C@@H]1C[C@H](N(C)C)[C@@H](O)[C@H](O)O1. The predicted molar refractivity (Wildman–Crippen MR) is 56.0 cm³/mol. The minimum atomic E-state index is -1.04. The fourth-order valence-corrected chi connectivity index (χ4v) is 1.56. The van der Waals surface area contributed by atoms with E-state index in [-0.39, 0.29) is 12.1 Å². The first-order chi connectivity index (χ1) is 6.52. The van der Waals surface area contributed by atoms with Gasteiger partial charge in [0.05, 0.1) is 6.10 Å². The lowest BCUT2D eigenvalue weighted by atomic mass is 9.99. The molecular formula is C10H23NO3. The van der Waals surface area contributed by atoms with Crippen molar-refractivity contribution in [3.8, 4) is 0 Å². The Balaban J connectivity index is 0.000000791. The standard InChI is InChI=1S/C8H17NO3.C2H6/c1-5-4-6(9(2)3)7(10)8(11)12-5;1-2/h5-8,10-11H,4H2,1-3H3;1-2H3/t5-,6+,7-,8-;/m1./s1. The largest absolute Gasteiger partial charge is 0.386 e. The minimum Gasteiger partial charge on any atom is -0.386 e. The lowest BCUT2D eigenvalue weighted by molar-refractivity contribution is -0.230. The summed E-state index contributed by atoms with van der Waals surface area (Å²) >= 11 is 0. The molecule has 1 heterocycles. The first-order valence-electron chi connectivity index (χ1n) is 5.20. The molecule has 0 saturated carbocycles. The normalized spacial score (nSPS) is 37.7. The van der Waals surface area contributed by atoms with Crippen molar-refractivity contribution < 1.29 is 14.9 Å². The van der Waals surface area contributed by atoms with E-state index in [4.69, 9.17) is 4.74 Å². The summed E-state index contributed by atoms with van der Waals surface area (Å²) in [4.78, 5) is 1.91. The molecule has 14 heavy (non-hydrogen) atoms. The molecule has 0 amide bonds. The van der Waals surface area contributed by atoms with Crippen LogP contribution in [0.3, 0.4) is 0 Å². The zero-order valence-electron chi connectivity index (χ0n) is 9.77. The van der Waals surface area contributed by atoms with Crippen molar-refractivity contribution in [2.45, 2.75) is 51.7 Å². The van der Waals surface area contributed by atoms with E-state index in [1.807, 2.05) is 39.8 Å². The molecule has 2 N–H and O–H groups in total. The maximum atomic E-state index is 9.51. The van der Waals surface area contributed by atoms with Crippen LogP contribution >= 0.6 is 0 Å². The number of ether oxygens (including phenoxy) is 1. The molecule has 4 heteroatoms. The highest BCUT2D eigenvalue weighted by Crippen LogP contribution is 2.21. The number of hydrogen-bond donors (Lipinski definition) is 2. The van der Waals surface area contributed by atoms with Crippen molar-refractivity contribution in [1.82, 2.24) is 4.90 Å². The maximum absolute atomic E-state index is 9.51. The summed E-state index contributed by atoms with van der Waals surface area (Å²) in [5.41, 5.74) is 0. The number of hydrogen-bond acceptors (Lipinski definition) is 4. The molecule has 0 aromatic rings. The van der Waals surface area contributed by atoms with Gasteiger partial charge in [-0.05, 0) is 27.4 Å². The van der Waals surface area contributed by atoms with Crippen molar-refractivity contribution in [2.24, 2.45) is 0 Å². The molecule has 1 aliphatic heterocycles. The van der Waals surface area contributed by atoms with Gasteiger partial charge in [0.1, 0.15) is 6.10 Å². The highest BCUT2D eigenvalue weighted by Gasteiger charge is 2.35. The second-order valence-electron chi connectivity index (χ2n) is 3.59. The fourth-order valence-electron chi connectivity index (χ4n) is 1.56. The van der Waals surface area contributed by atoms with Gasteiger partial charge in [-0.25, -0.2) is 0 Å². The van der Waals surface area contributed by atoms with Crippen molar-refractivity contribution in [3.63, 3.8) is 0 Å². The average Bonchev–Trinajstić information content (AvgIpc) is 2.14. The second-order valence-corrected chi connectivity index (χ2v) is 3.59. The molecule has 1 fully saturated rings. The van der Waals surface area contributed by atoms with Crippen LogP contribution in [0.15, 0.2) is 0 Å². The quantitative estimate of drug-likeness (QED) is 0.652. The Morgan fingerprint density at radius 3 is 2.14 bits per heavy atom. The van der Waals surface area contributed by atoms with E-state index in [9.17, 15) is 10.2 Å². The molecule has 1 saturated heterocycles. The highest BCUT2D eigenvalue weighted by molar-refractivity contribution is 4.84. The molecule has 86 valence electrons. The van der Waals surface area contributed by atoms with Gasteiger partial charge in [0, 0.05) is 6.04 Å². The first kappa shape index (κ1) is 13.8. The smallest absolute Gasteiger partial charge is 0.182 e. The van der Waals surface area contributed by atoms with Gasteiger partial charge in [-0.3, -0.25) is 0 Å². The minimum absolute atomic E-state index is 0.01000. The van der Waals surface area contributed by atoms with E-state index in [0.29, 0.717) is 0 Å². The molecule has 0 radical (unpaired) electrons. The van der Waals surface area contributed by atoms with Crippen LogP contribution in [0.4, 0.5) is 0 Å². The van der Waals surface area contributed by atoms with Crippen LogP contribution in [-0.2, 0) is 4.74 Å². The Labute approximate surface area is 86.5 Å². The van der Waals surface area contributed by atoms with E-state index < -0.39 is 12.4 Å². The van der Waals surface area contributed by atoms with Crippen LogP contribution in [0.2, 0.25) is 0 Å². The van der Waals surface area contributed by atoms with E-state index >= 15 is 0 Å². The van der Waals surface area contributed by atoms with Crippen LogP contribution in [-0.4, -0.2) is 53.7 Å². The van der Waals surface area contributed by atoms with Crippen LogP contribution < -0.4 is 0 Å². The molecule has 4 atom stereocenters. The number of aliphatic hydroxyl groups excluding tert-OH is 2. The molecular weight excluding hydrogens is 182 g/mol. The third-order valence-corrected chi connectivity index (χ3v) is 2.29. The Hall–Kier alpha value is -0.160. The summed E-state index contributed by atoms with van der Waals surface area (Å²) < 4.78 is 5.06. The monoisotopic (exact) mass is 205 g/mol. The predicted octanol–water partition coefficient (Wildman–Crippen LogP) is 0.431. The number of nitrogens with zero attached hydrogens (tertiary/aromatic N) is 1. The molecule has 0 bridgehead atoms. The summed E-state index contributed by atoms with van der Waals surface area (Å²) in [7, 11) is 3.78. The van der Waals surface area contributed by atoms with E-state index in [0.717, 1.165) is 6.42 Å². The third kappa shape index (κ3) is 3.53. The summed E-state index contributed by atoms with van der Waals surface area (Å²) in [6.45, 7) is 5.89. The first-order valence-corrected chi connectivity index (χ1v) is 5.20. The Morgan fingerprint density at radius 1 is 1.21 bits per heavy atom. The van der Waals surface area contributed by atoms with Gasteiger partial charge in [-0.15, -0.1) is 0 Å². The van der Waals surface area contributed by atoms with Crippen LogP contribution in [0.5, 0.6) is 0 Å². The van der Waals surface area contributed by atoms with Crippen molar-refractivity contribution in [1.29, 1.82) is 0 Å². The molecule has 0 unspecified atom stereocenters. The molecule has 0 aromatic carbocycles. The van der Waals surface area contributed by atoms with Gasteiger partial charge >= 0.3 is 0 Å². The van der Waals surface area contributed by atoms with Gasteiger partial charge in [-0.2, -0.15) is 0 Å². The zero-order chi connectivity index (χ0) is 11.3. The lowest BCUT2D eigenvalue weighted by Crippen LogP contribution is -2.53. The lowest BCUT2D eigenvalue weighted by Gasteiger charge is -2.38. The van der Waals surface area contributed by atoms with Gasteiger partial charge in [-0.1, -0.05) is 13.8 Å².